The highest BCUT2D eigenvalue weighted by atomic mass is 16.7. The SMILES string of the molecule is Cc1ccc(C[NH+](C)[C@H](C)C(=O)Nc2ccc3c(c2)OCO3)cc1. The summed E-state index contributed by atoms with van der Waals surface area (Å²) in [6.07, 6.45) is 0. The summed E-state index contributed by atoms with van der Waals surface area (Å²) in [6.45, 7) is 5.04. The minimum absolute atomic E-state index is 0.0153. The predicted molar refractivity (Wildman–Crippen MR) is 92.4 cm³/mol. The molecule has 0 fully saturated rings. The minimum atomic E-state index is -0.170. The molecule has 1 aliphatic rings. The van der Waals surface area contributed by atoms with E-state index in [1.165, 1.54) is 11.1 Å². The maximum atomic E-state index is 12.5. The lowest BCUT2D eigenvalue weighted by Gasteiger charge is -2.21. The molecule has 1 heterocycles. The number of benzene rings is 2. The Balaban J connectivity index is 1.60. The molecule has 5 heteroatoms. The number of hydrogen-bond donors (Lipinski definition) is 2. The van der Waals surface area contributed by atoms with Gasteiger partial charge >= 0.3 is 0 Å². The van der Waals surface area contributed by atoms with Gasteiger partial charge in [0.15, 0.2) is 17.5 Å². The van der Waals surface area contributed by atoms with Gasteiger partial charge in [-0.05, 0) is 26.0 Å². The van der Waals surface area contributed by atoms with Gasteiger partial charge in [-0.15, -0.1) is 0 Å². The summed E-state index contributed by atoms with van der Waals surface area (Å²) in [5, 5.41) is 2.95. The van der Waals surface area contributed by atoms with Gasteiger partial charge in [-0.25, -0.2) is 0 Å². The van der Waals surface area contributed by atoms with E-state index >= 15 is 0 Å². The Morgan fingerprint density at radius 1 is 1.17 bits per heavy atom. The molecule has 0 saturated carbocycles. The van der Waals surface area contributed by atoms with Gasteiger partial charge in [0, 0.05) is 17.3 Å². The topological polar surface area (TPSA) is 52.0 Å². The molecule has 0 aromatic heterocycles. The number of anilines is 1. The molecule has 3 rings (SSSR count). The molecule has 1 aliphatic heterocycles. The van der Waals surface area contributed by atoms with E-state index in [4.69, 9.17) is 9.47 Å². The molecule has 2 N–H and O–H groups in total. The zero-order valence-electron chi connectivity index (χ0n) is 14.3. The molecule has 2 aromatic rings. The third-order valence-corrected chi connectivity index (χ3v) is 4.38. The Kier molecular flexibility index (Phi) is 4.71. The summed E-state index contributed by atoms with van der Waals surface area (Å²) < 4.78 is 10.6. The van der Waals surface area contributed by atoms with E-state index in [0.29, 0.717) is 11.5 Å². The number of likely N-dealkylation sites (N-methyl/N-ethyl adjacent to an activating group) is 1. The molecular formula is C19H23N2O3+. The van der Waals surface area contributed by atoms with Crippen molar-refractivity contribution in [1.29, 1.82) is 0 Å². The molecule has 0 spiro atoms. The van der Waals surface area contributed by atoms with Crippen molar-refractivity contribution < 1.29 is 19.2 Å². The summed E-state index contributed by atoms with van der Waals surface area (Å²) in [5.41, 5.74) is 3.19. The number of ether oxygens (including phenoxy) is 2. The molecule has 1 unspecified atom stereocenters. The first kappa shape index (κ1) is 16.3. The number of rotatable bonds is 5. The quantitative estimate of drug-likeness (QED) is 0.880. The number of hydrogen-bond acceptors (Lipinski definition) is 3. The Morgan fingerprint density at radius 2 is 1.88 bits per heavy atom. The van der Waals surface area contributed by atoms with Gasteiger partial charge in [-0.2, -0.15) is 0 Å². The van der Waals surface area contributed by atoms with Crippen molar-refractivity contribution in [3.63, 3.8) is 0 Å². The number of carbonyl (C=O) groups is 1. The van der Waals surface area contributed by atoms with Crippen molar-refractivity contribution in [2.45, 2.75) is 26.4 Å². The van der Waals surface area contributed by atoms with E-state index in [2.05, 4.69) is 36.5 Å². The van der Waals surface area contributed by atoms with E-state index in [9.17, 15) is 4.79 Å². The van der Waals surface area contributed by atoms with E-state index in [1.807, 2.05) is 26.1 Å². The summed E-state index contributed by atoms with van der Waals surface area (Å²) in [5.74, 6) is 1.36. The predicted octanol–water partition coefficient (Wildman–Crippen LogP) is 1.77. The normalized spacial score (nSPS) is 15.0. The summed E-state index contributed by atoms with van der Waals surface area (Å²) in [4.78, 5) is 13.6. The van der Waals surface area contributed by atoms with Crippen LogP contribution in [-0.4, -0.2) is 25.8 Å². The summed E-state index contributed by atoms with van der Waals surface area (Å²) in [7, 11) is 2.03. The maximum absolute atomic E-state index is 12.5. The second-order valence-electron chi connectivity index (χ2n) is 6.29. The van der Waals surface area contributed by atoms with Gasteiger partial charge in [-0.3, -0.25) is 4.79 Å². The Bertz CT molecular complexity index is 728. The lowest BCUT2D eigenvalue weighted by Crippen LogP contribution is -3.12. The molecule has 126 valence electrons. The largest absolute Gasteiger partial charge is 0.454 e. The van der Waals surface area contributed by atoms with Crippen LogP contribution in [0.5, 0.6) is 11.5 Å². The molecule has 1 amide bonds. The monoisotopic (exact) mass is 327 g/mol. The van der Waals surface area contributed by atoms with Crippen LogP contribution >= 0.6 is 0 Å². The second-order valence-corrected chi connectivity index (χ2v) is 6.29. The second kappa shape index (κ2) is 6.93. The van der Waals surface area contributed by atoms with Crippen LogP contribution in [0.25, 0.3) is 0 Å². The fourth-order valence-corrected chi connectivity index (χ4v) is 2.63. The van der Waals surface area contributed by atoms with Crippen LogP contribution < -0.4 is 19.7 Å². The molecule has 2 atom stereocenters. The number of nitrogens with one attached hydrogen (secondary N) is 2. The molecular weight excluding hydrogens is 304 g/mol. The third kappa shape index (κ3) is 3.68. The van der Waals surface area contributed by atoms with Gasteiger partial charge in [0.2, 0.25) is 6.79 Å². The van der Waals surface area contributed by atoms with Crippen molar-refractivity contribution >= 4 is 11.6 Å². The average Bonchev–Trinajstić information content (AvgIpc) is 3.03. The van der Waals surface area contributed by atoms with Crippen molar-refractivity contribution in [3.05, 3.63) is 53.6 Å². The van der Waals surface area contributed by atoms with Crippen molar-refractivity contribution in [2.75, 3.05) is 19.2 Å². The Hall–Kier alpha value is -2.53. The van der Waals surface area contributed by atoms with Crippen LogP contribution in [0, 0.1) is 6.92 Å². The number of amides is 1. The zero-order chi connectivity index (χ0) is 17.1. The van der Waals surface area contributed by atoms with Gasteiger partial charge in [0.1, 0.15) is 6.54 Å². The number of aryl methyl sites for hydroxylation is 1. The maximum Gasteiger partial charge on any atom is 0.282 e. The molecule has 0 bridgehead atoms. The van der Waals surface area contributed by atoms with Crippen LogP contribution in [0.2, 0.25) is 0 Å². The molecule has 0 radical (unpaired) electrons. The first-order valence-electron chi connectivity index (χ1n) is 8.11. The fourth-order valence-electron chi connectivity index (χ4n) is 2.63. The van der Waals surface area contributed by atoms with Crippen LogP contribution in [0.15, 0.2) is 42.5 Å². The lowest BCUT2D eigenvalue weighted by molar-refractivity contribution is -0.907. The average molecular weight is 327 g/mol. The molecule has 5 nitrogen and oxygen atoms in total. The van der Waals surface area contributed by atoms with Gasteiger partial charge in [-0.1, -0.05) is 29.8 Å². The van der Waals surface area contributed by atoms with Crippen molar-refractivity contribution in [3.8, 4) is 11.5 Å². The molecule has 0 saturated heterocycles. The van der Waals surface area contributed by atoms with E-state index < -0.39 is 0 Å². The zero-order valence-corrected chi connectivity index (χ0v) is 14.3. The molecule has 0 aliphatic carbocycles. The van der Waals surface area contributed by atoms with Gasteiger partial charge < -0.3 is 19.7 Å². The van der Waals surface area contributed by atoms with Gasteiger partial charge in [0.25, 0.3) is 5.91 Å². The van der Waals surface area contributed by atoms with Crippen LogP contribution in [0.3, 0.4) is 0 Å². The van der Waals surface area contributed by atoms with E-state index in [0.717, 1.165) is 17.1 Å². The standard InChI is InChI=1S/C19H22N2O3/c1-13-4-6-15(7-5-13)11-21(3)14(2)19(22)20-16-8-9-17-18(10-16)24-12-23-17/h4-10,14H,11-12H2,1-3H3,(H,20,22)/p+1/t14-/m1/s1. The summed E-state index contributed by atoms with van der Waals surface area (Å²) in [6, 6.07) is 13.7. The van der Waals surface area contributed by atoms with E-state index in [-0.39, 0.29) is 18.7 Å². The Labute approximate surface area is 142 Å². The van der Waals surface area contributed by atoms with Crippen molar-refractivity contribution in [2.24, 2.45) is 0 Å². The summed E-state index contributed by atoms with van der Waals surface area (Å²) >= 11 is 0. The van der Waals surface area contributed by atoms with Crippen LogP contribution in [-0.2, 0) is 11.3 Å². The minimum Gasteiger partial charge on any atom is -0.454 e. The van der Waals surface area contributed by atoms with E-state index in [1.54, 1.807) is 6.07 Å². The first-order chi connectivity index (χ1) is 11.5. The fraction of sp³-hybridized carbons (Fsp3) is 0.316. The lowest BCUT2D eigenvalue weighted by atomic mass is 10.1. The van der Waals surface area contributed by atoms with Gasteiger partial charge in [0.05, 0.1) is 7.05 Å². The molecule has 24 heavy (non-hydrogen) atoms. The molecule has 2 aromatic carbocycles. The van der Waals surface area contributed by atoms with Crippen LogP contribution in [0.4, 0.5) is 5.69 Å². The highest BCUT2D eigenvalue weighted by Crippen LogP contribution is 2.34. The highest BCUT2D eigenvalue weighted by Gasteiger charge is 2.23. The Morgan fingerprint density at radius 3 is 2.62 bits per heavy atom. The third-order valence-electron chi connectivity index (χ3n) is 4.38. The van der Waals surface area contributed by atoms with Crippen LogP contribution in [0.1, 0.15) is 18.1 Å². The smallest absolute Gasteiger partial charge is 0.282 e. The first-order valence-corrected chi connectivity index (χ1v) is 8.11. The number of fused-ring (bicyclic) bond motifs is 1. The highest BCUT2D eigenvalue weighted by molar-refractivity contribution is 5.93. The number of quaternary nitrogens is 1. The van der Waals surface area contributed by atoms with Crippen molar-refractivity contribution in [1.82, 2.24) is 0 Å². The number of carbonyl (C=O) groups excluding carboxylic acids is 1.